The third kappa shape index (κ3) is 2.90. The van der Waals surface area contributed by atoms with Crippen molar-refractivity contribution in [3.05, 3.63) is 65.7 Å². The van der Waals surface area contributed by atoms with Crippen LogP contribution in [-0.4, -0.2) is 22.4 Å². The Bertz CT molecular complexity index is 614. The standard InChI is InChI=1S/C17H16O3S/c18-16(19)17(10-14-8-4-5-9-15(14)20-17)12-21-11-13-6-2-1-3-7-13/h1-9H,10-12H2,(H,18,19). The maximum Gasteiger partial charge on any atom is 0.349 e. The fourth-order valence-electron chi connectivity index (χ4n) is 2.47. The molecule has 0 aromatic heterocycles. The zero-order valence-electron chi connectivity index (χ0n) is 11.5. The van der Waals surface area contributed by atoms with Gasteiger partial charge >= 0.3 is 5.97 Å². The largest absolute Gasteiger partial charge is 0.478 e. The Morgan fingerprint density at radius 1 is 1.14 bits per heavy atom. The van der Waals surface area contributed by atoms with Gasteiger partial charge in [-0.05, 0) is 17.2 Å². The van der Waals surface area contributed by atoms with Crippen LogP contribution in [0.1, 0.15) is 11.1 Å². The fourth-order valence-corrected chi connectivity index (χ4v) is 3.62. The summed E-state index contributed by atoms with van der Waals surface area (Å²) in [4.78, 5) is 11.7. The predicted octanol–water partition coefficient (Wildman–Crippen LogP) is 3.38. The second kappa shape index (κ2) is 5.82. The molecule has 1 N–H and O–H groups in total. The highest BCUT2D eigenvalue weighted by Gasteiger charge is 2.46. The first-order chi connectivity index (χ1) is 10.2. The van der Waals surface area contributed by atoms with E-state index >= 15 is 0 Å². The second-order valence-corrected chi connectivity index (χ2v) is 6.15. The van der Waals surface area contributed by atoms with Crippen molar-refractivity contribution in [2.45, 2.75) is 17.8 Å². The molecule has 0 bridgehead atoms. The van der Waals surface area contributed by atoms with Crippen LogP contribution in [-0.2, 0) is 17.0 Å². The molecule has 3 nitrogen and oxygen atoms in total. The summed E-state index contributed by atoms with van der Waals surface area (Å²) in [6.07, 6.45) is 0.431. The molecule has 4 heteroatoms. The van der Waals surface area contributed by atoms with E-state index in [2.05, 4.69) is 0 Å². The van der Waals surface area contributed by atoms with Crippen LogP contribution in [0.4, 0.5) is 0 Å². The molecular weight excluding hydrogens is 284 g/mol. The van der Waals surface area contributed by atoms with E-state index in [0.717, 1.165) is 11.3 Å². The monoisotopic (exact) mass is 300 g/mol. The average molecular weight is 300 g/mol. The van der Waals surface area contributed by atoms with Gasteiger partial charge in [0.05, 0.1) is 0 Å². The van der Waals surface area contributed by atoms with Crippen molar-refractivity contribution in [1.29, 1.82) is 0 Å². The Morgan fingerprint density at radius 3 is 2.57 bits per heavy atom. The van der Waals surface area contributed by atoms with E-state index in [9.17, 15) is 9.90 Å². The summed E-state index contributed by atoms with van der Waals surface area (Å²) in [5.41, 5.74) is 1.03. The zero-order valence-corrected chi connectivity index (χ0v) is 12.3. The van der Waals surface area contributed by atoms with Gasteiger partial charge in [0, 0.05) is 17.9 Å². The van der Waals surface area contributed by atoms with Gasteiger partial charge in [0.1, 0.15) is 5.75 Å². The van der Waals surface area contributed by atoms with Gasteiger partial charge in [-0.2, -0.15) is 11.8 Å². The molecule has 1 aliphatic rings. The number of carbonyl (C=O) groups is 1. The van der Waals surface area contributed by atoms with Crippen LogP contribution in [0, 0.1) is 0 Å². The van der Waals surface area contributed by atoms with Gasteiger partial charge in [-0.1, -0.05) is 48.5 Å². The topological polar surface area (TPSA) is 46.5 Å². The maximum atomic E-state index is 11.7. The normalized spacial score (nSPS) is 19.8. The summed E-state index contributed by atoms with van der Waals surface area (Å²) in [5.74, 6) is 1.03. The van der Waals surface area contributed by atoms with Crippen LogP contribution in [0.2, 0.25) is 0 Å². The number of para-hydroxylation sites is 1. The van der Waals surface area contributed by atoms with Crippen LogP contribution < -0.4 is 4.74 Å². The third-order valence-corrected chi connectivity index (χ3v) is 4.80. The number of rotatable bonds is 5. The molecular formula is C17H16O3S. The van der Waals surface area contributed by atoms with Crippen molar-refractivity contribution in [3.63, 3.8) is 0 Å². The molecule has 2 aromatic rings. The lowest BCUT2D eigenvalue weighted by Gasteiger charge is -2.23. The van der Waals surface area contributed by atoms with Crippen molar-refractivity contribution in [2.75, 3.05) is 5.75 Å². The van der Waals surface area contributed by atoms with Crippen molar-refractivity contribution in [3.8, 4) is 5.75 Å². The minimum absolute atomic E-state index is 0.431. The number of carboxylic acid groups (broad SMARTS) is 1. The molecule has 108 valence electrons. The zero-order chi connectivity index (χ0) is 14.7. The molecule has 0 spiro atoms. The fraction of sp³-hybridized carbons (Fsp3) is 0.235. The molecule has 0 aliphatic carbocycles. The molecule has 0 saturated carbocycles. The molecule has 3 rings (SSSR count). The van der Waals surface area contributed by atoms with Gasteiger partial charge in [-0.3, -0.25) is 0 Å². The van der Waals surface area contributed by atoms with Crippen molar-refractivity contribution >= 4 is 17.7 Å². The molecule has 2 aromatic carbocycles. The lowest BCUT2D eigenvalue weighted by molar-refractivity contribution is -0.151. The van der Waals surface area contributed by atoms with Gasteiger partial charge in [0.25, 0.3) is 0 Å². The number of aliphatic carboxylic acids is 1. The summed E-state index contributed by atoms with van der Waals surface area (Å²) in [7, 11) is 0. The van der Waals surface area contributed by atoms with Crippen molar-refractivity contribution in [1.82, 2.24) is 0 Å². The van der Waals surface area contributed by atoms with E-state index in [4.69, 9.17) is 4.74 Å². The van der Waals surface area contributed by atoms with Gasteiger partial charge < -0.3 is 9.84 Å². The van der Waals surface area contributed by atoms with Gasteiger partial charge in [-0.15, -0.1) is 0 Å². The number of thioether (sulfide) groups is 1. The van der Waals surface area contributed by atoms with Gasteiger partial charge in [0.15, 0.2) is 0 Å². The summed E-state index contributed by atoms with van der Waals surface area (Å²) in [6.45, 7) is 0. The summed E-state index contributed by atoms with van der Waals surface area (Å²) < 4.78 is 5.77. The predicted molar refractivity (Wildman–Crippen MR) is 83.7 cm³/mol. The Kier molecular flexibility index (Phi) is 3.88. The Morgan fingerprint density at radius 2 is 1.86 bits per heavy atom. The number of hydrogen-bond donors (Lipinski definition) is 1. The van der Waals surface area contributed by atoms with E-state index in [1.807, 2.05) is 54.6 Å². The van der Waals surface area contributed by atoms with Crippen LogP contribution in [0.15, 0.2) is 54.6 Å². The average Bonchev–Trinajstić information content (AvgIpc) is 2.88. The lowest BCUT2D eigenvalue weighted by Crippen LogP contribution is -2.46. The van der Waals surface area contributed by atoms with E-state index in [-0.39, 0.29) is 0 Å². The number of benzene rings is 2. The second-order valence-electron chi connectivity index (χ2n) is 5.16. The van der Waals surface area contributed by atoms with E-state index in [1.54, 1.807) is 11.8 Å². The highest BCUT2D eigenvalue weighted by atomic mass is 32.2. The van der Waals surface area contributed by atoms with Crippen LogP contribution >= 0.6 is 11.8 Å². The quantitative estimate of drug-likeness (QED) is 0.919. The lowest BCUT2D eigenvalue weighted by atomic mass is 9.99. The maximum absolute atomic E-state index is 11.7. The van der Waals surface area contributed by atoms with Crippen molar-refractivity contribution < 1.29 is 14.6 Å². The van der Waals surface area contributed by atoms with E-state index in [1.165, 1.54) is 5.56 Å². The van der Waals surface area contributed by atoms with Crippen LogP contribution in [0.3, 0.4) is 0 Å². The molecule has 21 heavy (non-hydrogen) atoms. The Hall–Kier alpha value is -1.94. The van der Waals surface area contributed by atoms with Crippen LogP contribution in [0.25, 0.3) is 0 Å². The highest BCUT2D eigenvalue weighted by Crippen LogP contribution is 2.37. The molecule has 0 saturated heterocycles. The Labute approximate surface area is 127 Å². The smallest absolute Gasteiger partial charge is 0.349 e. The van der Waals surface area contributed by atoms with E-state index in [0.29, 0.717) is 17.9 Å². The summed E-state index contributed by atoms with van der Waals surface area (Å²) >= 11 is 1.60. The first-order valence-corrected chi connectivity index (χ1v) is 7.97. The molecule has 0 radical (unpaired) electrons. The number of hydrogen-bond acceptors (Lipinski definition) is 3. The summed E-state index contributed by atoms with van der Waals surface area (Å²) in [6, 6.07) is 17.6. The number of carboxylic acids is 1. The molecule has 0 fully saturated rings. The number of ether oxygens (including phenoxy) is 1. The van der Waals surface area contributed by atoms with Crippen molar-refractivity contribution in [2.24, 2.45) is 0 Å². The van der Waals surface area contributed by atoms with E-state index < -0.39 is 11.6 Å². The molecule has 1 aliphatic heterocycles. The third-order valence-electron chi connectivity index (χ3n) is 3.59. The van der Waals surface area contributed by atoms with Gasteiger partial charge in [0.2, 0.25) is 5.60 Å². The molecule has 1 atom stereocenters. The first-order valence-electron chi connectivity index (χ1n) is 6.82. The first kappa shape index (κ1) is 14.0. The Balaban J connectivity index is 1.68. The molecule has 1 heterocycles. The molecule has 1 unspecified atom stereocenters. The minimum atomic E-state index is -1.14. The van der Waals surface area contributed by atoms with Crippen LogP contribution in [0.5, 0.6) is 5.75 Å². The van der Waals surface area contributed by atoms with Gasteiger partial charge in [-0.25, -0.2) is 4.79 Å². The SMILES string of the molecule is O=C(O)C1(CSCc2ccccc2)Cc2ccccc2O1. The number of fused-ring (bicyclic) bond motifs is 1. The molecule has 0 amide bonds. The summed E-state index contributed by atoms with van der Waals surface area (Å²) in [5, 5.41) is 9.59. The minimum Gasteiger partial charge on any atom is -0.478 e. The highest BCUT2D eigenvalue weighted by molar-refractivity contribution is 7.98.